The summed E-state index contributed by atoms with van der Waals surface area (Å²) in [6.45, 7) is 17.6. The summed E-state index contributed by atoms with van der Waals surface area (Å²) in [6.07, 6.45) is 8.28. The first-order chi connectivity index (χ1) is 12.2. The third kappa shape index (κ3) is 13.5. The molecule has 1 atom stereocenters. The average molecular weight is 402 g/mol. The number of rotatable bonds is 14. The van der Waals surface area contributed by atoms with Gasteiger partial charge in [0, 0.05) is 22.8 Å². The molecule has 5 heteroatoms. The topological polar surface area (TPSA) is 32.7 Å². The minimum absolute atomic E-state index is 0.270. The Kier molecular flexibility index (Phi) is 11.9. The van der Waals surface area contributed by atoms with Gasteiger partial charge in [-0.3, -0.25) is 0 Å². The highest BCUT2D eigenvalue weighted by molar-refractivity contribution is 6.82. The van der Waals surface area contributed by atoms with Gasteiger partial charge in [0.15, 0.2) is 0 Å². The maximum Gasteiger partial charge on any atom is 0.0773 e. The van der Waals surface area contributed by atoms with Crippen LogP contribution < -0.4 is 0 Å². The molecular formula is C21H47NO2Si2. The molecule has 1 N–H and O–H groups in total. The van der Waals surface area contributed by atoms with Gasteiger partial charge in [0.2, 0.25) is 0 Å². The van der Waals surface area contributed by atoms with E-state index in [0.29, 0.717) is 6.61 Å². The molecule has 26 heavy (non-hydrogen) atoms. The van der Waals surface area contributed by atoms with Gasteiger partial charge in [0.25, 0.3) is 0 Å². The van der Waals surface area contributed by atoms with Crippen LogP contribution >= 0.6 is 0 Å². The van der Waals surface area contributed by atoms with Gasteiger partial charge in [-0.25, -0.2) is 0 Å². The smallest absolute Gasteiger partial charge is 0.0773 e. The molecule has 1 aliphatic rings. The predicted molar refractivity (Wildman–Crippen MR) is 121 cm³/mol. The molecule has 0 aliphatic carbocycles. The van der Waals surface area contributed by atoms with Crippen LogP contribution in [0.1, 0.15) is 44.9 Å². The first-order valence-corrected chi connectivity index (χ1v) is 18.3. The van der Waals surface area contributed by atoms with E-state index in [1.54, 1.807) is 0 Å². The summed E-state index contributed by atoms with van der Waals surface area (Å²) in [6, 6.07) is 4.31. The zero-order chi connectivity index (χ0) is 19.5. The van der Waals surface area contributed by atoms with Gasteiger partial charge in [-0.05, 0) is 58.2 Å². The fourth-order valence-electron chi connectivity index (χ4n) is 3.69. The van der Waals surface area contributed by atoms with Gasteiger partial charge >= 0.3 is 0 Å². The Hall–Kier alpha value is 0.314. The van der Waals surface area contributed by atoms with Crippen molar-refractivity contribution in [3.63, 3.8) is 0 Å². The lowest BCUT2D eigenvalue weighted by molar-refractivity contribution is 0.0311. The number of aliphatic hydroxyl groups excluding tert-OH is 1. The molecule has 0 radical (unpaired) electrons. The van der Waals surface area contributed by atoms with Crippen LogP contribution in [-0.2, 0) is 4.74 Å². The Labute approximate surface area is 165 Å². The monoisotopic (exact) mass is 401 g/mol. The van der Waals surface area contributed by atoms with Gasteiger partial charge < -0.3 is 14.7 Å². The van der Waals surface area contributed by atoms with Gasteiger partial charge in [-0.2, -0.15) is 0 Å². The lowest BCUT2D eigenvalue weighted by atomic mass is 10.1. The zero-order valence-electron chi connectivity index (χ0n) is 18.5. The second kappa shape index (κ2) is 12.7. The highest BCUT2D eigenvalue weighted by Gasteiger charge is 2.24. The number of unbranched alkanes of at least 4 members (excludes halogenated alkanes) is 1. The van der Waals surface area contributed by atoms with E-state index < -0.39 is 16.1 Å². The van der Waals surface area contributed by atoms with E-state index in [-0.39, 0.29) is 6.10 Å². The van der Waals surface area contributed by atoms with Crippen molar-refractivity contribution in [3.05, 3.63) is 0 Å². The minimum atomic E-state index is -1.05. The third-order valence-electron chi connectivity index (χ3n) is 5.71. The summed E-state index contributed by atoms with van der Waals surface area (Å²) in [7, 11) is -1.94. The highest BCUT2D eigenvalue weighted by atomic mass is 28.3. The zero-order valence-corrected chi connectivity index (χ0v) is 20.5. The maximum absolute atomic E-state index is 10.1. The summed E-state index contributed by atoms with van der Waals surface area (Å²) in [5.41, 5.74) is 0. The molecule has 156 valence electrons. The molecule has 0 aromatic rings. The molecule has 0 spiro atoms. The number of hydrogen-bond acceptors (Lipinski definition) is 3. The summed E-state index contributed by atoms with van der Waals surface area (Å²) in [4.78, 5) is 2.58. The largest absolute Gasteiger partial charge is 0.391 e. The number of nitrogens with zero attached hydrogens (tertiary/aromatic N) is 1. The summed E-state index contributed by atoms with van der Waals surface area (Å²) in [5, 5.41) is 10.1. The number of piperidine rings is 1. The summed E-state index contributed by atoms with van der Waals surface area (Å²) < 4.78 is 5.75. The quantitative estimate of drug-likeness (QED) is 0.310. The molecule has 1 fully saturated rings. The van der Waals surface area contributed by atoms with Crippen LogP contribution in [0.5, 0.6) is 0 Å². The molecule has 0 amide bonds. The minimum Gasteiger partial charge on any atom is -0.391 e. The predicted octanol–water partition coefficient (Wildman–Crippen LogP) is 5.46. The average Bonchev–Trinajstić information content (AvgIpc) is 2.57. The van der Waals surface area contributed by atoms with E-state index >= 15 is 0 Å². The van der Waals surface area contributed by atoms with Crippen molar-refractivity contribution >= 4 is 16.1 Å². The van der Waals surface area contributed by atoms with Crippen molar-refractivity contribution in [2.75, 3.05) is 32.8 Å². The molecule has 0 saturated carbocycles. The molecule has 1 rings (SSSR count). The van der Waals surface area contributed by atoms with E-state index in [4.69, 9.17) is 4.74 Å². The van der Waals surface area contributed by atoms with Crippen molar-refractivity contribution in [1.29, 1.82) is 0 Å². The number of likely N-dealkylation sites (tertiary alicyclic amines) is 1. The van der Waals surface area contributed by atoms with Crippen LogP contribution in [0.15, 0.2) is 0 Å². The van der Waals surface area contributed by atoms with Crippen molar-refractivity contribution in [2.24, 2.45) is 0 Å². The van der Waals surface area contributed by atoms with Crippen LogP contribution in [0.3, 0.4) is 0 Å². The van der Waals surface area contributed by atoms with Crippen molar-refractivity contribution in [2.45, 2.75) is 102 Å². The molecule has 0 aromatic heterocycles. The Morgan fingerprint density at radius 1 is 0.885 bits per heavy atom. The van der Waals surface area contributed by atoms with Crippen molar-refractivity contribution in [3.8, 4) is 0 Å². The molecule has 1 unspecified atom stereocenters. The van der Waals surface area contributed by atoms with Crippen LogP contribution in [0.4, 0.5) is 0 Å². The van der Waals surface area contributed by atoms with Gasteiger partial charge in [-0.15, -0.1) is 0 Å². The third-order valence-corrected chi connectivity index (χ3v) is 11.3. The van der Waals surface area contributed by atoms with Crippen LogP contribution in [-0.4, -0.2) is 65.1 Å². The van der Waals surface area contributed by atoms with Gasteiger partial charge in [0.1, 0.15) is 0 Å². The molecule has 1 heterocycles. The summed E-state index contributed by atoms with van der Waals surface area (Å²) >= 11 is 0. The Morgan fingerprint density at radius 2 is 1.58 bits per heavy atom. The fraction of sp³-hybridized carbons (Fsp3) is 1.00. The molecule has 0 aromatic carbocycles. The lowest BCUT2D eigenvalue weighted by Crippen LogP contribution is -2.30. The van der Waals surface area contributed by atoms with Crippen LogP contribution in [0.2, 0.25) is 50.9 Å². The first-order valence-electron chi connectivity index (χ1n) is 11.2. The second-order valence-electron chi connectivity index (χ2n) is 10.5. The Bertz CT molecular complexity index is 352. The van der Waals surface area contributed by atoms with E-state index in [1.807, 2.05) is 0 Å². The Morgan fingerprint density at radius 3 is 2.23 bits per heavy atom. The van der Waals surface area contributed by atoms with Crippen LogP contribution in [0.25, 0.3) is 0 Å². The van der Waals surface area contributed by atoms with Crippen molar-refractivity contribution in [1.82, 2.24) is 4.90 Å². The number of aliphatic hydroxyl groups is 1. The maximum atomic E-state index is 10.1. The molecule has 1 aliphatic heterocycles. The van der Waals surface area contributed by atoms with Gasteiger partial charge in [-0.1, -0.05) is 57.3 Å². The summed E-state index contributed by atoms with van der Waals surface area (Å²) in [5.74, 6) is 0. The Balaban J connectivity index is 1.96. The molecular weight excluding hydrogens is 354 g/mol. The first kappa shape index (κ1) is 24.4. The van der Waals surface area contributed by atoms with Gasteiger partial charge in [0.05, 0.1) is 12.7 Å². The second-order valence-corrected chi connectivity index (χ2v) is 21.4. The van der Waals surface area contributed by atoms with E-state index in [1.165, 1.54) is 69.9 Å². The number of hydrogen-bond donors (Lipinski definition) is 1. The highest BCUT2D eigenvalue weighted by Crippen LogP contribution is 2.24. The SMILES string of the molecule is C[Si](C)(C)CC[Si](C)(C)CCCOCC(O)CCCCN1CCCCC1. The normalized spacial score (nSPS) is 18.2. The van der Waals surface area contributed by atoms with E-state index in [0.717, 1.165) is 19.4 Å². The van der Waals surface area contributed by atoms with E-state index in [9.17, 15) is 5.11 Å². The van der Waals surface area contributed by atoms with Crippen molar-refractivity contribution < 1.29 is 9.84 Å². The molecule has 3 nitrogen and oxygen atoms in total. The molecule has 1 saturated heterocycles. The van der Waals surface area contributed by atoms with Crippen LogP contribution in [0, 0.1) is 0 Å². The van der Waals surface area contributed by atoms with E-state index in [2.05, 4.69) is 37.6 Å². The lowest BCUT2D eigenvalue weighted by Gasteiger charge is -2.26. The molecule has 0 bridgehead atoms. The fourth-order valence-corrected chi connectivity index (χ4v) is 10.8. The standard InChI is InChI=1S/C21H47NO2Si2/c1-25(2,3)18-19-26(4,5)17-11-16-24-20-21(23)12-7-10-15-22-13-8-6-9-14-22/h21,23H,6-20H2,1-5H3. The number of ether oxygens (including phenoxy) is 1.